The number of amides is 3. The summed E-state index contributed by atoms with van der Waals surface area (Å²) in [5.41, 5.74) is 1.71. The van der Waals surface area contributed by atoms with Crippen molar-refractivity contribution in [2.24, 2.45) is 0 Å². The van der Waals surface area contributed by atoms with Crippen LogP contribution in [0.3, 0.4) is 0 Å². The first-order chi connectivity index (χ1) is 11.9. The highest BCUT2D eigenvalue weighted by molar-refractivity contribution is 5.93. The summed E-state index contributed by atoms with van der Waals surface area (Å²) >= 11 is 0. The summed E-state index contributed by atoms with van der Waals surface area (Å²) in [4.78, 5) is 40.0. The van der Waals surface area contributed by atoms with Gasteiger partial charge in [0.05, 0.1) is 7.05 Å². The van der Waals surface area contributed by atoms with Gasteiger partial charge in [-0.1, -0.05) is 12.1 Å². The normalized spacial score (nSPS) is 15.6. The third-order valence-electron chi connectivity index (χ3n) is 4.48. The highest BCUT2D eigenvalue weighted by atomic mass is 16.2. The van der Waals surface area contributed by atoms with Crippen molar-refractivity contribution >= 4 is 17.7 Å². The van der Waals surface area contributed by atoms with E-state index in [0.717, 1.165) is 10.5 Å². The Kier molecular flexibility index (Phi) is 6.52. The molecule has 0 aliphatic carbocycles. The Morgan fingerprint density at radius 2 is 1.60 bits per heavy atom. The van der Waals surface area contributed by atoms with Crippen LogP contribution in [0.2, 0.25) is 0 Å². The number of rotatable bonds is 5. The SMILES string of the molecule is CNC(=O)c1ccc(C[NH+](C)CC(=O)N2CCN(C(C)=O)CC2)cc1. The topological polar surface area (TPSA) is 74.2 Å². The second-order valence-electron chi connectivity index (χ2n) is 6.47. The fraction of sp³-hybridized carbons (Fsp3) is 0.500. The largest absolute Gasteiger partial charge is 0.355 e. The first-order valence-electron chi connectivity index (χ1n) is 8.56. The second-order valence-corrected chi connectivity index (χ2v) is 6.47. The Hall–Kier alpha value is -2.41. The van der Waals surface area contributed by atoms with Crippen LogP contribution in [-0.4, -0.2) is 74.3 Å². The molecule has 1 unspecified atom stereocenters. The summed E-state index contributed by atoms with van der Waals surface area (Å²) in [6.07, 6.45) is 0. The maximum absolute atomic E-state index is 12.4. The van der Waals surface area contributed by atoms with Crippen LogP contribution in [0.25, 0.3) is 0 Å². The average molecular weight is 347 g/mol. The Labute approximate surface area is 148 Å². The molecule has 2 rings (SSSR count). The molecule has 7 heteroatoms. The van der Waals surface area contributed by atoms with Crippen molar-refractivity contribution in [3.63, 3.8) is 0 Å². The molecule has 1 fully saturated rings. The maximum atomic E-state index is 12.4. The van der Waals surface area contributed by atoms with Gasteiger partial charge in [-0.15, -0.1) is 0 Å². The molecule has 1 atom stereocenters. The van der Waals surface area contributed by atoms with Gasteiger partial charge in [-0.3, -0.25) is 14.4 Å². The molecule has 136 valence electrons. The average Bonchev–Trinajstić information content (AvgIpc) is 2.61. The van der Waals surface area contributed by atoms with E-state index in [0.29, 0.717) is 44.8 Å². The Morgan fingerprint density at radius 1 is 1.04 bits per heavy atom. The fourth-order valence-corrected chi connectivity index (χ4v) is 2.97. The number of nitrogens with one attached hydrogen (secondary N) is 2. The predicted molar refractivity (Wildman–Crippen MR) is 94.1 cm³/mol. The molecule has 2 N–H and O–H groups in total. The minimum atomic E-state index is -0.105. The summed E-state index contributed by atoms with van der Waals surface area (Å²) in [6, 6.07) is 7.43. The number of hydrogen-bond acceptors (Lipinski definition) is 3. The van der Waals surface area contributed by atoms with Crippen LogP contribution in [0.5, 0.6) is 0 Å². The van der Waals surface area contributed by atoms with Crippen molar-refractivity contribution in [3.05, 3.63) is 35.4 Å². The molecule has 1 aliphatic rings. The fourth-order valence-electron chi connectivity index (χ4n) is 2.97. The summed E-state index contributed by atoms with van der Waals surface area (Å²) in [7, 11) is 3.59. The summed E-state index contributed by atoms with van der Waals surface area (Å²) in [5, 5.41) is 2.60. The van der Waals surface area contributed by atoms with Crippen LogP contribution in [-0.2, 0) is 16.1 Å². The van der Waals surface area contributed by atoms with Gasteiger partial charge < -0.3 is 20.0 Å². The number of benzene rings is 1. The lowest BCUT2D eigenvalue weighted by Gasteiger charge is -2.34. The summed E-state index contributed by atoms with van der Waals surface area (Å²) in [6.45, 7) is 5.12. The van der Waals surface area contributed by atoms with Crippen molar-refractivity contribution in [1.29, 1.82) is 0 Å². The van der Waals surface area contributed by atoms with Crippen molar-refractivity contribution in [1.82, 2.24) is 15.1 Å². The molecule has 1 heterocycles. The number of nitrogens with zero attached hydrogens (tertiary/aromatic N) is 2. The second kappa shape index (κ2) is 8.62. The zero-order valence-corrected chi connectivity index (χ0v) is 15.2. The maximum Gasteiger partial charge on any atom is 0.277 e. The zero-order valence-electron chi connectivity index (χ0n) is 15.2. The van der Waals surface area contributed by atoms with Crippen molar-refractivity contribution in [3.8, 4) is 0 Å². The number of carbonyl (C=O) groups is 3. The first kappa shape index (κ1) is 18.9. The number of likely N-dealkylation sites (N-methyl/N-ethyl adjacent to an activating group) is 1. The third-order valence-corrected chi connectivity index (χ3v) is 4.48. The minimum Gasteiger partial charge on any atom is -0.355 e. The van der Waals surface area contributed by atoms with Gasteiger partial charge in [0, 0.05) is 51.3 Å². The van der Waals surface area contributed by atoms with E-state index in [-0.39, 0.29) is 17.7 Å². The molecule has 0 aromatic heterocycles. The third kappa shape index (κ3) is 5.29. The predicted octanol–water partition coefficient (Wildman–Crippen LogP) is -1.25. The Bertz CT molecular complexity index is 622. The molecular formula is C18H27N4O3+. The van der Waals surface area contributed by atoms with Crippen LogP contribution in [0.4, 0.5) is 0 Å². The lowest BCUT2D eigenvalue weighted by atomic mass is 10.1. The molecule has 3 amide bonds. The van der Waals surface area contributed by atoms with E-state index in [4.69, 9.17) is 0 Å². The highest BCUT2D eigenvalue weighted by Gasteiger charge is 2.24. The molecule has 1 aromatic rings. The van der Waals surface area contributed by atoms with Crippen molar-refractivity contribution in [2.45, 2.75) is 13.5 Å². The number of quaternary nitrogens is 1. The number of carbonyl (C=O) groups excluding carboxylic acids is 3. The Balaban J connectivity index is 1.81. The van der Waals surface area contributed by atoms with Crippen molar-refractivity contribution < 1.29 is 19.3 Å². The molecule has 0 radical (unpaired) electrons. The van der Waals surface area contributed by atoms with E-state index >= 15 is 0 Å². The quantitative estimate of drug-likeness (QED) is 0.699. The smallest absolute Gasteiger partial charge is 0.277 e. The molecule has 25 heavy (non-hydrogen) atoms. The van der Waals surface area contributed by atoms with E-state index < -0.39 is 0 Å². The van der Waals surface area contributed by atoms with Gasteiger partial charge in [-0.2, -0.15) is 0 Å². The van der Waals surface area contributed by atoms with E-state index in [9.17, 15) is 14.4 Å². The lowest BCUT2D eigenvalue weighted by molar-refractivity contribution is -0.885. The number of hydrogen-bond donors (Lipinski definition) is 2. The van der Waals surface area contributed by atoms with E-state index in [1.54, 1.807) is 31.0 Å². The Morgan fingerprint density at radius 3 is 2.12 bits per heavy atom. The summed E-state index contributed by atoms with van der Waals surface area (Å²) < 4.78 is 0. The van der Waals surface area contributed by atoms with Crippen molar-refractivity contribution in [2.75, 3.05) is 46.8 Å². The molecule has 0 spiro atoms. The van der Waals surface area contributed by atoms with Gasteiger partial charge in [0.15, 0.2) is 6.54 Å². The van der Waals surface area contributed by atoms with Gasteiger partial charge in [-0.05, 0) is 12.1 Å². The lowest BCUT2D eigenvalue weighted by Crippen LogP contribution is -3.09. The minimum absolute atomic E-state index is 0.0649. The van der Waals surface area contributed by atoms with Crippen LogP contribution in [0.15, 0.2) is 24.3 Å². The van der Waals surface area contributed by atoms with Crippen LogP contribution in [0.1, 0.15) is 22.8 Å². The zero-order chi connectivity index (χ0) is 18.4. The molecule has 7 nitrogen and oxygen atoms in total. The molecular weight excluding hydrogens is 320 g/mol. The molecule has 1 aliphatic heterocycles. The molecule has 0 bridgehead atoms. The van der Waals surface area contributed by atoms with Gasteiger partial charge in [-0.25, -0.2) is 0 Å². The standard InChI is InChI=1S/C18H26N4O3/c1-14(23)21-8-10-22(11-9-21)17(24)13-20(3)12-15-4-6-16(7-5-15)18(25)19-2/h4-7H,8-13H2,1-3H3,(H,19,25)/p+1. The van der Waals surface area contributed by atoms with Crippen LogP contribution in [0, 0.1) is 0 Å². The number of piperazine rings is 1. The molecule has 1 saturated heterocycles. The van der Waals surface area contributed by atoms with E-state index in [1.165, 1.54) is 0 Å². The van der Waals surface area contributed by atoms with Gasteiger partial charge in [0.2, 0.25) is 5.91 Å². The van der Waals surface area contributed by atoms with Gasteiger partial charge in [0.25, 0.3) is 11.8 Å². The first-order valence-corrected chi connectivity index (χ1v) is 8.56. The molecule has 1 aromatic carbocycles. The van der Waals surface area contributed by atoms with Crippen LogP contribution >= 0.6 is 0 Å². The van der Waals surface area contributed by atoms with E-state index in [2.05, 4.69) is 5.32 Å². The monoisotopic (exact) mass is 347 g/mol. The highest BCUT2D eigenvalue weighted by Crippen LogP contribution is 2.04. The summed E-state index contributed by atoms with van der Waals surface area (Å²) in [5.74, 6) is 0.0739. The van der Waals surface area contributed by atoms with Crippen LogP contribution < -0.4 is 10.2 Å². The van der Waals surface area contributed by atoms with Gasteiger partial charge in [0.1, 0.15) is 6.54 Å². The van der Waals surface area contributed by atoms with Gasteiger partial charge >= 0.3 is 0 Å². The van der Waals surface area contributed by atoms with E-state index in [1.807, 2.05) is 24.1 Å². The molecule has 0 saturated carbocycles.